The van der Waals surface area contributed by atoms with Crippen LogP contribution in [0.3, 0.4) is 0 Å². The molecular formula is C72H114N12O30P2. The number of benzene rings is 2. The van der Waals surface area contributed by atoms with E-state index in [2.05, 4.69) is 46.8 Å². The van der Waals surface area contributed by atoms with Gasteiger partial charge >= 0.3 is 21.2 Å². The predicted octanol–water partition coefficient (Wildman–Crippen LogP) is -1.15. The van der Waals surface area contributed by atoms with E-state index in [1.807, 2.05) is 12.4 Å². The maximum atomic E-state index is 12.7. The monoisotopic (exact) mass is 1690 g/mol. The van der Waals surface area contributed by atoms with Crippen LogP contribution < -0.4 is 30.7 Å². The second-order valence-corrected chi connectivity index (χ2v) is 30.7. The lowest BCUT2D eigenvalue weighted by Gasteiger charge is -2.40. The molecule has 2 aromatic heterocycles. The fraction of sp³-hybridized carbons (Fsp3) is 0.681. The first kappa shape index (κ1) is 96.1. The Labute approximate surface area is 671 Å². The molecule has 0 saturated carbocycles. The summed E-state index contributed by atoms with van der Waals surface area (Å²) in [7, 11) is -8.82. The number of unbranched alkanes of at least 4 members (excludes halogenated alkanes) is 3. The number of aromatic nitrogens is 6. The zero-order valence-corrected chi connectivity index (χ0v) is 66.7. The minimum absolute atomic E-state index is 0.0950. The Morgan fingerprint density at radius 2 is 0.845 bits per heavy atom. The lowest BCUT2D eigenvalue weighted by Crippen LogP contribution is -2.59. The number of anilines is 2. The molecule has 4 aromatic rings. The van der Waals surface area contributed by atoms with Crippen LogP contribution in [0.4, 0.5) is 16.2 Å². The normalized spacial score (nSPS) is 20.4. The second kappa shape index (κ2) is 53.5. The number of nitrogens with one attached hydrogen (secondary N) is 4. The quantitative estimate of drug-likeness (QED) is 0.0141. The number of nitrogens with zero attached hydrogens (tertiary/aromatic N) is 8. The molecule has 42 nitrogen and oxygen atoms in total. The van der Waals surface area contributed by atoms with E-state index in [0.717, 1.165) is 35.6 Å². The summed E-state index contributed by atoms with van der Waals surface area (Å²) in [5.41, 5.74) is 2.56. The Morgan fingerprint density at radius 1 is 0.440 bits per heavy atom. The fourth-order valence-corrected chi connectivity index (χ4v) is 12.8. The molecule has 2 saturated heterocycles. The van der Waals surface area contributed by atoms with Gasteiger partial charge in [-0.05, 0) is 99.9 Å². The highest BCUT2D eigenvalue weighted by molar-refractivity contribution is 7.52. The van der Waals surface area contributed by atoms with Crippen molar-refractivity contribution >= 4 is 56.2 Å². The van der Waals surface area contributed by atoms with Crippen LogP contribution in [0.15, 0.2) is 73.1 Å². The molecule has 14 N–H and O–H groups in total. The van der Waals surface area contributed by atoms with E-state index in [0.29, 0.717) is 182 Å². The first-order chi connectivity index (χ1) is 55.9. The lowest BCUT2D eigenvalue weighted by molar-refractivity contribution is -0.272. The van der Waals surface area contributed by atoms with Crippen LogP contribution in [-0.4, -0.2) is 352 Å². The number of aliphatic hydroxyl groups excluding tert-OH is 6. The van der Waals surface area contributed by atoms with Gasteiger partial charge in [-0.3, -0.25) is 38.1 Å². The van der Waals surface area contributed by atoms with Crippen LogP contribution >= 0.6 is 15.2 Å². The number of aliphatic hydroxyl groups is 6. The van der Waals surface area contributed by atoms with E-state index in [1.54, 1.807) is 33.6 Å². The third-order valence-corrected chi connectivity index (χ3v) is 19.7. The van der Waals surface area contributed by atoms with Crippen LogP contribution in [0.5, 0.6) is 11.5 Å². The standard InChI is InChI=1S/C72H114N12O30P2/c85-60(73-23-24-84-62(87)17-18-63(84)88)19-30-102-36-42-108-43-37-103-31-25-81(26-32-104-38-44-109-46-40-106-34-28-82-50-54(77-79-82)6-2-1-3-8-61(86)75-52-9-13-56(14-10-52)111-70-68(93)66(91)64(89)58(113-70)20-48-115(96,97)98)27-33-105-39-45-110-47-41-107-35-29-83-51-55(78-80-83)7-4-5-22-74-72(95)76-53-11-15-57(16-12-53)112-71-69(94)67(92)65(90)59(114-71)21-49-116(99,100)101/h9-18,50-51,58-59,64-71,89-94H,1-8,19-49H2,(H,73,85)(H,75,86)(H2,74,76,95)(H2,96,97,98)(H2,99,100,101)/t58-,59-,64-,65-,66+,67+,68+,69+,70+,71+/m1/s1. The number of aryl methyl sites for hydroxylation is 2. The number of rotatable bonds is 62. The molecule has 0 bridgehead atoms. The van der Waals surface area contributed by atoms with Gasteiger partial charge in [0.2, 0.25) is 24.4 Å². The topological polar surface area (TPSA) is 558 Å². The third-order valence-electron chi connectivity index (χ3n) is 18.0. The summed E-state index contributed by atoms with van der Waals surface area (Å²) in [5, 5.41) is 89.7. The van der Waals surface area contributed by atoms with Gasteiger partial charge in [-0.25, -0.2) is 14.2 Å². The van der Waals surface area contributed by atoms with E-state index in [1.165, 1.54) is 36.4 Å². The fourth-order valence-electron chi connectivity index (χ4n) is 11.6. The first-order valence-corrected chi connectivity index (χ1v) is 42.3. The van der Waals surface area contributed by atoms with E-state index in [4.69, 9.17) is 61.6 Å². The van der Waals surface area contributed by atoms with Crippen molar-refractivity contribution in [2.24, 2.45) is 0 Å². The molecule has 0 unspecified atom stereocenters. The van der Waals surface area contributed by atoms with Crippen molar-refractivity contribution in [1.82, 2.24) is 50.4 Å². The van der Waals surface area contributed by atoms with E-state index in [-0.39, 0.29) is 75.3 Å². The molecule has 3 aliphatic rings. The molecule has 2 fully saturated rings. The Balaban J connectivity index is 0.674. The number of carbonyl (C=O) groups is 5. The van der Waals surface area contributed by atoms with Crippen LogP contribution in [0.2, 0.25) is 0 Å². The molecule has 6 amide bonds. The van der Waals surface area contributed by atoms with E-state index in [9.17, 15) is 83.3 Å². The molecule has 5 heterocycles. The van der Waals surface area contributed by atoms with Crippen LogP contribution in [0, 0.1) is 0 Å². The number of imide groups is 1. The summed E-state index contributed by atoms with van der Waals surface area (Å²) in [4.78, 5) is 101. The molecule has 0 aliphatic carbocycles. The van der Waals surface area contributed by atoms with Crippen LogP contribution in [-0.2, 0) is 106 Å². The summed E-state index contributed by atoms with van der Waals surface area (Å²) in [6.45, 7) is 10.2. The molecule has 652 valence electrons. The van der Waals surface area contributed by atoms with Crippen molar-refractivity contribution in [2.45, 2.75) is 145 Å². The largest absolute Gasteiger partial charge is 0.462 e. The SMILES string of the molecule is O=C(CCOCCOCCOCCN(CCOCCOCCOCCn1cc(CCCCCC(=O)Nc2ccc(O[C@H]3O[C@H](CCP(=O)(O)O)[C@@H](O)[C@H](O)[C@@H]3O)cc2)nn1)CCOCCOCCOCCn1cc(CCCCNC(=O)Nc2ccc(O[C@H]3O[C@H](CCP(=O)(O)O)[C@@H](O)[C@H](O)[C@@H]3O)cc2)nn1)NCCN1C(=O)C=CC1=O. The van der Waals surface area contributed by atoms with E-state index < -0.39 is 107 Å². The summed E-state index contributed by atoms with van der Waals surface area (Å²) in [6.07, 6.45) is -5.30. The Morgan fingerprint density at radius 3 is 1.28 bits per heavy atom. The Kier molecular flexibility index (Phi) is 44.3. The molecule has 2 aromatic carbocycles. The number of carbonyl (C=O) groups excluding carboxylic acids is 5. The van der Waals surface area contributed by atoms with Crippen LogP contribution in [0.1, 0.15) is 69.2 Å². The highest BCUT2D eigenvalue weighted by atomic mass is 31.2. The Bertz CT molecular complexity index is 3400. The van der Waals surface area contributed by atoms with Gasteiger partial charge in [0.15, 0.2) is 0 Å². The average Bonchev–Trinajstić information content (AvgIpc) is 1.75. The van der Waals surface area contributed by atoms with Crippen molar-refractivity contribution in [3.05, 3.63) is 84.5 Å². The molecule has 10 atom stereocenters. The van der Waals surface area contributed by atoms with Crippen molar-refractivity contribution < 1.29 is 145 Å². The van der Waals surface area contributed by atoms with Gasteiger partial charge in [0.25, 0.3) is 11.8 Å². The minimum Gasteiger partial charge on any atom is -0.462 e. The van der Waals surface area contributed by atoms with Crippen LogP contribution in [0.25, 0.3) is 0 Å². The highest BCUT2D eigenvalue weighted by Gasteiger charge is 2.47. The summed E-state index contributed by atoms with van der Waals surface area (Å²) in [5.74, 6) is -0.828. The molecular weight excluding hydrogens is 1570 g/mol. The lowest BCUT2D eigenvalue weighted by atomic mass is 9.97. The molecule has 3 aliphatic heterocycles. The van der Waals surface area contributed by atoms with Crippen molar-refractivity contribution in [3.8, 4) is 11.5 Å². The van der Waals surface area contributed by atoms with Crippen molar-refractivity contribution in [1.29, 1.82) is 0 Å². The van der Waals surface area contributed by atoms with Gasteiger partial charge in [0.05, 0.1) is 168 Å². The third kappa shape index (κ3) is 38.8. The molecule has 0 spiro atoms. The maximum absolute atomic E-state index is 12.7. The minimum atomic E-state index is -4.41. The average molecular weight is 1690 g/mol. The number of urea groups is 1. The first-order valence-electron chi connectivity index (χ1n) is 38.7. The zero-order valence-electron chi connectivity index (χ0n) is 64.9. The molecule has 7 rings (SSSR count). The van der Waals surface area contributed by atoms with Gasteiger partial charge < -0.3 is 133 Å². The number of amides is 6. The molecule has 116 heavy (non-hydrogen) atoms. The van der Waals surface area contributed by atoms with Crippen molar-refractivity contribution in [2.75, 3.05) is 181 Å². The van der Waals surface area contributed by atoms with Gasteiger partial charge in [-0.2, -0.15) is 0 Å². The number of hydrogen-bond acceptors (Lipinski definition) is 31. The summed E-state index contributed by atoms with van der Waals surface area (Å²) in [6, 6.07) is 11.8. The van der Waals surface area contributed by atoms with Gasteiger partial charge in [-0.1, -0.05) is 16.8 Å². The highest BCUT2D eigenvalue weighted by Crippen LogP contribution is 2.39. The van der Waals surface area contributed by atoms with Gasteiger partial charge in [-0.15, -0.1) is 10.2 Å². The number of ether oxygens (including phenoxy) is 13. The van der Waals surface area contributed by atoms with Gasteiger partial charge in [0, 0.05) is 88.0 Å². The number of hydrogen-bond donors (Lipinski definition) is 14. The maximum Gasteiger partial charge on any atom is 0.325 e. The molecule has 0 radical (unpaired) electrons. The van der Waals surface area contributed by atoms with E-state index >= 15 is 0 Å². The van der Waals surface area contributed by atoms with Gasteiger partial charge in [0.1, 0.15) is 48.1 Å². The summed E-state index contributed by atoms with van der Waals surface area (Å²) >= 11 is 0. The molecule has 44 heteroatoms. The predicted molar refractivity (Wildman–Crippen MR) is 409 cm³/mol. The Hall–Kier alpha value is -7.01. The second-order valence-electron chi connectivity index (χ2n) is 27.2. The zero-order chi connectivity index (χ0) is 83.3. The summed E-state index contributed by atoms with van der Waals surface area (Å²) < 4.78 is 100. The smallest absolute Gasteiger partial charge is 0.325 e. The van der Waals surface area contributed by atoms with Crippen molar-refractivity contribution in [3.63, 3.8) is 0 Å².